The summed E-state index contributed by atoms with van der Waals surface area (Å²) in [5.41, 5.74) is -0.288. The van der Waals surface area contributed by atoms with E-state index >= 15 is 0 Å². The molecule has 2 aromatic heterocycles. The zero-order chi connectivity index (χ0) is 9.54. The molecule has 0 aliphatic rings. The fraction of sp³-hybridized carbons (Fsp3) is 0. The van der Waals surface area contributed by atoms with Crippen LogP contribution in [-0.2, 0) is 0 Å². The van der Waals surface area contributed by atoms with Gasteiger partial charge in [-0.3, -0.25) is 0 Å². The van der Waals surface area contributed by atoms with Crippen LogP contribution in [0.2, 0.25) is 0 Å². The molecule has 0 bridgehead atoms. The first-order chi connectivity index (χ1) is 6.84. The Morgan fingerprint density at radius 2 is 1.86 bits per heavy atom. The predicted octanol–water partition coefficient (Wildman–Crippen LogP) is 3.01. The number of fused-ring (bicyclic) bond motifs is 3. The molecule has 1 aromatic carbocycles. The lowest BCUT2D eigenvalue weighted by molar-refractivity contribution is 0.569. The molecule has 0 fully saturated rings. The van der Waals surface area contributed by atoms with Crippen molar-refractivity contribution in [2.45, 2.75) is 0 Å². The van der Waals surface area contributed by atoms with Gasteiger partial charge in [0, 0.05) is 21.5 Å². The molecule has 0 spiro atoms. The van der Waals surface area contributed by atoms with Crippen molar-refractivity contribution >= 4 is 31.7 Å². The standard InChI is InChI=1S/C11H6O2S/c12-10-6-5-8-7-3-1-2-4-9(7)14-11(8)13-10/h1-6H. The number of hydrogen-bond acceptors (Lipinski definition) is 3. The molecule has 68 valence electrons. The monoisotopic (exact) mass is 202 g/mol. The SMILES string of the molecule is O=c1ccc2c(o1)sc1ccccc12. The van der Waals surface area contributed by atoms with Crippen LogP contribution in [0.5, 0.6) is 0 Å². The van der Waals surface area contributed by atoms with Crippen LogP contribution in [0.4, 0.5) is 0 Å². The summed E-state index contributed by atoms with van der Waals surface area (Å²) in [4.78, 5) is 11.7. The van der Waals surface area contributed by atoms with Crippen LogP contribution < -0.4 is 5.63 Å². The first-order valence-electron chi connectivity index (χ1n) is 4.26. The van der Waals surface area contributed by atoms with E-state index in [4.69, 9.17) is 4.42 Å². The van der Waals surface area contributed by atoms with Crippen molar-refractivity contribution in [2.24, 2.45) is 0 Å². The quantitative estimate of drug-likeness (QED) is 0.561. The second-order valence-electron chi connectivity index (χ2n) is 3.05. The van der Waals surface area contributed by atoms with Gasteiger partial charge in [-0.2, -0.15) is 0 Å². The van der Waals surface area contributed by atoms with Gasteiger partial charge in [-0.05, 0) is 12.1 Å². The molecule has 0 aliphatic carbocycles. The smallest absolute Gasteiger partial charge is 0.336 e. The lowest BCUT2D eigenvalue weighted by atomic mass is 10.2. The van der Waals surface area contributed by atoms with Gasteiger partial charge in [0.05, 0.1) is 0 Å². The molecule has 2 heterocycles. The minimum atomic E-state index is -0.288. The molecule has 3 aromatic rings. The zero-order valence-corrected chi connectivity index (χ0v) is 8.01. The van der Waals surface area contributed by atoms with E-state index in [1.165, 1.54) is 17.4 Å². The number of rotatable bonds is 0. The highest BCUT2D eigenvalue weighted by Gasteiger charge is 2.05. The van der Waals surface area contributed by atoms with Gasteiger partial charge in [0.15, 0.2) is 4.90 Å². The maximum Gasteiger partial charge on any atom is 0.336 e. The Kier molecular flexibility index (Phi) is 1.49. The maximum atomic E-state index is 11.0. The summed E-state index contributed by atoms with van der Waals surface area (Å²) < 4.78 is 6.26. The fourth-order valence-electron chi connectivity index (χ4n) is 1.55. The highest BCUT2D eigenvalue weighted by atomic mass is 32.1. The average Bonchev–Trinajstić information content (AvgIpc) is 2.54. The van der Waals surface area contributed by atoms with Crippen LogP contribution in [0.15, 0.2) is 45.6 Å². The molecule has 0 atom stereocenters. The van der Waals surface area contributed by atoms with Gasteiger partial charge < -0.3 is 4.42 Å². The van der Waals surface area contributed by atoms with E-state index in [0.29, 0.717) is 4.90 Å². The van der Waals surface area contributed by atoms with Crippen LogP contribution >= 0.6 is 11.3 Å². The second-order valence-corrected chi connectivity index (χ2v) is 4.07. The topological polar surface area (TPSA) is 30.2 Å². The summed E-state index contributed by atoms with van der Waals surface area (Å²) in [6, 6.07) is 11.3. The van der Waals surface area contributed by atoms with Crippen molar-refractivity contribution < 1.29 is 4.42 Å². The summed E-state index contributed by atoms with van der Waals surface area (Å²) in [7, 11) is 0. The summed E-state index contributed by atoms with van der Waals surface area (Å²) in [5.74, 6) is 0. The Hall–Kier alpha value is -1.61. The Morgan fingerprint density at radius 3 is 2.79 bits per heavy atom. The van der Waals surface area contributed by atoms with Crippen LogP contribution in [0, 0.1) is 0 Å². The zero-order valence-electron chi connectivity index (χ0n) is 7.19. The fourth-order valence-corrected chi connectivity index (χ4v) is 2.60. The summed E-state index contributed by atoms with van der Waals surface area (Å²) in [5, 5.41) is 2.17. The molecule has 0 saturated carbocycles. The minimum absolute atomic E-state index is 0.288. The normalized spacial score (nSPS) is 11.1. The van der Waals surface area contributed by atoms with Crippen molar-refractivity contribution in [3.05, 3.63) is 46.8 Å². The van der Waals surface area contributed by atoms with E-state index in [9.17, 15) is 4.79 Å². The molecule has 14 heavy (non-hydrogen) atoms. The summed E-state index contributed by atoms with van der Waals surface area (Å²) >= 11 is 1.51. The molecule has 0 unspecified atom stereocenters. The van der Waals surface area contributed by atoms with Crippen molar-refractivity contribution in [1.29, 1.82) is 0 Å². The van der Waals surface area contributed by atoms with Gasteiger partial charge in [-0.15, -0.1) is 0 Å². The van der Waals surface area contributed by atoms with Crippen molar-refractivity contribution in [1.82, 2.24) is 0 Å². The molecule has 0 saturated heterocycles. The summed E-state index contributed by atoms with van der Waals surface area (Å²) in [6.07, 6.45) is 0. The van der Waals surface area contributed by atoms with Crippen LogP contribution in [0.1, 0.15) is 0 Å². The molecule has 0 radical (unpaired) electrons. The van der Waals surface area contributed by atoms with E-state index in [-0.39, 0.29) is 5.63 Å². The molecule has 0 aliphatic heterocycles. The summed E-state index contributed by atoms with van der Waals surface area (Å²) in [6.45, 7) is 0. The number of benzene rings is 1. The highest BCUT2D eigenvalue weighted by molar-refractivity contribution is 7.25. The largest absolute Gasteiger partial charge is 0.412 e. The van der Waals surface area contributed by atoms with Crippen LogP contribution in [-0.4, -0.2) is 0 Å². The Bertz CT molecular complexity index is 663. The van der Waals surface area contributed by atoms with E-state index in [1.54, 1.807) is 0 Å². The van der Waals surface area contributed by atoms with E-state index < -0.39 is 0 Å². The van der Waals surface area contributed by atoms with E-state index in [1.807, 2.05) is 30.3 Å². The Balaban J connectivity index is 2.63. The predicted molar refractivity (Wildman–Crippen MR) is 57.9 cm³/mol. The third-order valence-corrected chi connectivity index (χ3v) is 3.24. The first-order valence-corrected chi connectivity index (χ1v) is 5.08. The van der Waals surface area contributed by atoms with E-state index in [0.717, 1.165) is 15.5 Å². The lowest BCUT2D eigenvalue weighted by Gasteiger charge is -1.87. The maximum absolute atomic E-state index is 11.0. The minimum Gasteiger partial charge on any atom is -0.412 e. The molecule has 3 heteroatoms. The van der Waals surface area contributed by atoms with Gasteiger partial charge in [-0.1, -0.05) is 29.5 Å². The molecule has 2 nitrogen and oxygen atoms in total. The number of thiophene rings is 1. The van der Waals surface area contributed by atoms with E-state index in [2.05, 4.69) is 0 Å². The van der Waals surface area contributed by atoms with Crippen molar-refractivity contribution in [3.63, 3.8) is 0 Å². The van der Waals surface area contributed by atoms with Gasteiger partial charge >= 0.3 is 5.63 Å². The van der Waals surface area contributed by atoms with Gasteiger partial charge in [0.2, 0.25) is 0 Å². The average molecular weight is 202 g/mol. The molecular formula is C11H6O2S. The highest BCUT2D eigenvalue weighted by Crippen LogP contribution is 2.32. The van der Waals surface area contributed by atoms with Crippen molar-refractivity contribution in [3.8, 4) is 0 Å². The first kappa shape index (κ1) is 7.76. The Morgan fingerprint density at radius 1 is 1.00 bits per heavy atom. The van der Waals surface area contributed by atoms with Crippen molar-refractivity contribution in [2.75, 3.05) is 0 Å². The molecular weight excluding hydrogens is 196 g/mol. The molecule has 0 N–H and O–H groups in total. The molecule has 3 rings (SSSR count). The molecule has 0 amide bonds. The van der Waals surface area contributed by atoms with Crippen LogP contribution in [0.3, 0.4) is 0 Å². The van der Waals surface area contributed by atoms with Crippen LogP contribution in [0.25, 0.3) is 20.4 Å². The third-order valence-electron chi connectivity index (χ3n) is 2.18. The van der Waals surface area contributed by atoms with Gasteiger partial charge in [0.1, 0.15) is 0 Å². The van der Waals surface area contributed by atoms with Gasteiger partial charge in [0.25, 0.3) is 0 Å². The number of hydrogen-bond donors (Lipinski definition) is 0. The Labute approximate surface area is 83.4 Å². The second kappa shape index (κ2) is 2.69. The lowest BCUT2D eigenvalue weighted by Crippen LogP contribution is -1.91. The van der Waals surface area contributed by atoms with Gasteiger partial charge in [-0.25, -0.2) is 4.79 Å². The third kappa shape index (κ3) is 0.992.